The Morgan fingerprint density at radius 2 is 0.548 bits per heavy atom. The van der Waals surface area contributed by atoms with Gasteiger partial charge in [0.25, 0.3) is 0 Å². The van der Waals surface area contributed by atoms with Gasteiger partial charge in [-0.1, -0.05) is 72.8 Å². The first kappa shape index (κ1) is 23.5. The summed E-state index contributed by atoms with van der Waals surface area (Å²) in [6.07, 6.45) is 0. The topological polar surface area (TPSA) is 0 Å². The third-order valence-electron chi connectivity index (χ3n) is 9.20. The van der Waals surface area contributed by atoms with Crippen LogP contribution < -0.4 is 0 Å². The van der Waals surface area contributed by atoms with Crippen molar-refractivity contribution < 1.29 is 0 Å². The molecule has 42 heavy (non-hydrogen) atoms. The van der Waals surface area contributed by atoms with Crippen molar-refractivity contribution in [3.05, 3.63) is 106 Å². The van der Waals surface area contributed by atoms with Crippen LogP contribution in [0.5, 0.6) is 0 Å². The highest BCUT2D eigenvalue weighted by Gasteiger charge is 2.25. The van der Waals surface area contributed by atoms with Crippen molar-refractivity contribution in [1.29, 1.82) is 0 Å². The lowest BCUT2D eigenvalue weighted by Gasteiger charge is -2.19. The summed E-state index contributed by atoms with van der Waals surface area (Å²) in [6, 6.07) is 34.8. The Morgan fingerprint density at radius 3 is 0.833 bits per heavy atom. The van der Waals surface area contributed by atoms with E-state index >= 15 is 0 Å². The standard InChI is InChI=1S/C39H24S3/c1-19-16-28-34-31(22-10-4-7-13-25(22)37(28)40-19)35-29-17-20(2)42-39(29)27-15-9-6-12-24(27)33(35)36-30-18-21(3)41-38(30)26-14-8-5-11-23(26)32(34)36/h4-18H,1-3H3. The van der Waals surface area contributed by atoms with Gasteiger partial charge in [0.2, 0.25) is 0 Å². The van der Waals surface area contributed by atoms with Gasteiger partial charge in [0, 0.05) is 77.2 Å². The number of benzene rings is 7. The van der Waals surface area contributed by atoms with Gasteiger partial charge in [-0.15, -0.1) is 34.0 Å². The predicted octanol–water partition coefficient (Wildman–Crippen LogP) is 13.2. The van der Waals surface area contributed by atoms with Crippen LogP contribution in [-0.4, -0.2) is 0 Å². The largest absolute Gasteiger partial charge is 0.140 e. The summed E-state index contributed by atoms with van der Waals surface area (Å²) in [5, 5.41) is 20.8. The quantitative estimate of drug-likeness (QED) is 0.155. The zero-order chi connectivity index (χ0) is 27.9. The Kier molecular flexibility index (Phi) is 4.53. The van der Waals surface area contributed by atoms with Crippen molar-refractivity contribution in [3.63, 3.8) is 0 Å². The second-order valence-corrected chi connectivity index (χ2v) is 15.5. The summed E-state index contributed by atoms with van der Waals surface area (Å²) in [5.41, 5.74) is 0. The van der Waals surface area contributed by atoms with E-state index in [1.165, 1.54) is 110 Å². The highest BCUT2D eigenvalue weighted by molar-refractivity contribution is 7.21. The van der Waals surface area contributed by atoms with Gasteiger partial charge in [-0.3, -0.25) is 0 Å². The zero-order valence-electron chi connectivity index (χ0n) is 23.4. The minimum absolute atomic E-state index is 1.36. The lowest BCUT2D eigenvalue weighted by molar-refractivity contribution is 1.66. The molecule has 0 radical (unpaired) electrons. The van der Waals surface area contributed by atoms with Crippen molar-refractivity contribution in [2.45, 2.75) is 20.8 Å². The lowest BCUT2D eigenvalue weighted by atomic mass is 9.83. The number of thiophene rings is 3. The maximum atomic E-state index is 2.45. The van der Waals surface area contributed by atoms with Crippen LogP contribution in [0.3, 0.4) is 0 Å². The van der Waals surface area contributed by atoms with Crippen molar-refractivity contribution in [1.82, 2.24) is 0 Å². The van der Waals surface area contributed by atoms with E-state index in [0.717, 1.165) is 0 Å². The molecule has 0 spiro atoms. The molecular formula is C39H24S3. The van der Waals surface area contributed by atoms with Crippen molar-refractivity contribution in [2.75, 3.05) is 0 Å². The van der Waals surface area contributed by atoms with Crippen molar-refractivity contribution in [2.24, 2.45) is 0 Å². The van der Waals surface area contributed by atoms with E-state index in [1.54, 1.807) is 0 Å². The Morgan fingerprint density at radius 1 is 0.310 bits per heavy atom. The fourth-order valence-corrected chi connectivity index (χ4v) is 10.9. The molecule has 0 nitrogen and oxygen atoms in total. The second kappa shape index (κ2) is 8.08. The summed E-state index contributed by atoms with van der Waals surface area (Å²) >= 11 is 5.81. The molecule has 0 atom stereocenters. The summed E-state index contributed by atoms with van der Waals surface area (Å²) < 4.78 is 4.21. The SMILES string of the molecule is Cc1cc2c(s1)c1ccccc1c1c2c2c3ccccc3c3sc(C)cc3c2c2c3ccccc3c3sc(C)cc3c12. The third kappa shape index (κ3) is 2.82. The van der Waals surface area contributed by atoms with Gasteiger partial charge in [-0.05, 0) is 71.3 Å². The van der Waals surface area contributed by atoms with E-state index in [1.807, 2.05) is 34.0 Å². The fraction of sp³-hybridized carbons (Fsp3) is 0.0769. The van der Waals surface area contributed by atoms with Gasteiger partial charge in [0.15, 0.2) is 0 Å². The van der Waals surface area contributed by atoms with E-state index in [-0.39, 0.29) is 0 Å². The summed E-state index contributed by atoms with van der Waals surface area (Å²) in [7, 11) is 0. The van der Waals surface area contributed by atoms with Crippen LogP contribution in [0, 0.1) is 20.8 Å². The summed E-state index contributed by atoms with van der Waals surface area (Å²) in [5.74, 6) is 0. The van der Waals surface area contributed by atoms with Crippen LogP contribution in [0.25, 0.3) is 94.9 Å². The molecule has 10 aromatic rings. The molecule has 0 saturated carbocycles. The van der Waals surface area contributed by atoms with Crippen molar-refractivity contribution >= 4 is 129 Å². The molecule has 0 N–H and O–H groups in total. The average molecular weight is 589 g/mol. The monoisotopic (exact) mass is 588 g/mol. The Hall–Kier alpha value is -4.02. The molecule has 0 aliphatic carbocycles. The molecule has 0 unspecified atom stereocenters. The van der Waals surface area contributed by atoms with Crippen LogP contribution in [-0.2, 0) is 0 Å². The third-order valence-corrected chi connectivity index (χ3v) is 12.4. The fourth-order valence-electron chi connectivity index (χ4n) is 7.76. The Labute approximate surface area is 254 Å². The first-order chi connectivity index (χ1) is 20.6. The van der Waals surface area contributed by atoms with Crippen LogP contribution >= 0.6 is 34.0 Å². The predicted molar refractivity (Wildman–Crippen MR) is 192 cm³/mol. The summed E-state index contributed by atoms with van der Waals surface area (Å²) in [4.78, 5) is 4.09. The van der Waals surface area contributed by atoms with Gasteiger partial charge in [0.05, 0.1) is 0 Å². The van der Waals surface area contributed by atoms with Crippen LogP contribution in [0.1, 0.15) is 14.6 Å². The number of hydrogen-bond donors (Lipinski definition) is 0. The normalized spacial score (nSPS) is 12.6. The molecule has 0 aliphatic rings. The first-order valence-corrected chi connectivity index (χ1v) is 16.9. The second-order valence-electron chi connectivity index (χ2n) is 11.7. The lowest BCUT2D eigenvalue weighted by Crippen LogP contribution is -1.91. The highest BCUT2D eigenvalue weighted by Crippen LogP contribution is 2.54. The average Bonchev–Trinajstić information content (AvgIpc) is 3.72. The van der Waals surface area contributed by atoms with E-state index in [4.69, 9.17) is 0 Å². The van der Waals surface area contributed by atoms with Crippen LogP contribution in [0.4, 0.5) is 0 Å². The Balaban J connectivity index is 1.75. The van der Waals surface area contributed by atoms with Gasteiger partial charge in [-0.25, -0.2) is 0 Å². The maximum absolute atomic E-state index is 2.45. The Bertz CT molecular complexity index is 2480. The van der Waals surface area contributed by atoms with E-state index in [2.05, 4.69) is 112 Å². The molecule has 10 rings (SSSR count). The molecule has 3 heteroatoms. The van der Waals surface area contributed by atoms with Crippen LogP contribution in [0.2, 0.25) is 0 Å². The number of aryl methyl sites for hydroxylation is 3. The zero-order valence-corrected chi connectivity index (χ0v) is 25.8. The van der Waals surface area contributed by atoms with Gasteiger partial charge in [0.1, 0.15) is 0 Å². The maximum Gasteiger partial charge on any atom is 0.0430 e. The molecule has 198 valence electrons. The minimum atomic E-state index is 1.36. The number of rotatable bonds is 0. The van der Waals surface area contributed by atoms with E-state index in [9.17, 15) is 0 Å². The number of fused-ring (bicyclic) bond motifs is 21. The minimum Gasteiger partial charge on any atom is -0.140 e. The first-order valence-electron chi connectivity index (χ1n) is 14.4. The molecule has 3 aromatic heterocycles. The van der Waals surface area contributed by atoms with Gasteiger partial charge in [-0.2, -0.15) is 0 Å². The van der Waals surface area contributed by atoms with E-state index in [0.29, 0.717) is 0 Å². The summed E-state index contributed by atoms with van der Waals surface area (Å²) in [6.45, 7) is 6.79. The molecule has 0 amide bonds. The van der Waals surface area contributed by atoms with Crippen LogP contribution in [0.15, 0.2) is 91.0 Å². The van der Waals surface area contributed by atoms with Gasteiger partial charge >= 0.3 is 0 Å². The van der Waals surface area contributed by atoms with E-state index < -0.39 is 0 Å². The molecule has 0 saturated heterocycles. The molecule has 0 aliphatic heterocycles. The highest BCUT2D eigenvalue weighted by atomic mass is 32.1. The molecule has 7 aromatic carbocycles. The van der Waals surface area contributed by atoms with Crippen molar-refractivity contribution in [3.8, 4) is 0 Å². The molecule has 0 fully saturated rings. The number of hydrogen-bond acceptors (Lipinski definition) is 3. The smallest absolute Gasteiger partial charge is 0.0430 e. The van der Waals surface area contributed by atoms with Gasteiger partial charge < -0.3 is 0 Å². The molecule has 0 bridgehead atoms. The molecular weight excluding hydrogens is 565 g/mol. The molecule has 3 heterocycles.